The van der Waals surface area contributed by atoms with Crippen molar-refractivity contribution in [2.45, 2.75) is 20.5 Å². The van der Waals surface area contributed by atoms with Gasteiger partial charge in [0, 0.05) is 6.07 Å². The molecule has 2 aromatic carbocycles. The average Bonchev–Trinajstić information content (AvgIpc) is 2.55. The quantitative estimate of drug-likeness (QED) is 0.601. The lowest BCUT2D eigenvalue weighted by Crippen LogP contribution is -2.00. The van der Waals surface area contributed by atoms with Crippen LogP contribution in [0.25, 0.3) is 0 Å². The van der Waals surface area contributed by atoms with E-state index in [9.17, 15) is 4.79 Å². The van der Waals surface area contributed by atoms with Crippen molar-refractivity contribution in [1.29, 1.82) is 0 Å². The molecule has 0 saturated heterocycles. The smallest absolute Gasteiger partial charge is 0.163 e. The van der Waals surface area contributed by atoms with E-state index in [1.165, 1.54) is 12.5 Å². The number of ketones is 1. The number of hydrogen-bond donors (Lipinski definition) is 0. The van der Waals surface area contributed by atoms with Gasteiger partial charge in [-0.25, -0.2) is 0 Å². The number of Topliss-reactive ketones (excluding diaryl/α,β-unsaturated/α-hetero) is 1. The van der Waals surface area contributed by atoms with Crippen molar-refractivity contribution < 1.29 is 14.3 Å². The fourth-order valence-corrected chi connectivity index (χ4v) is 1.90. The maximum absolute atomic E-state index is 11.4. The standard InChI is InChI=1S/C17H18O3.HPS/c1-12-4-6-14(7-5-12)11-20-15-8-9-16(13(2)18)17(10-15)19-3;1-2/h4-10H,11H2,1-3H3;1H. The molecule has 0 unspecified atom stereocenters. The lowest BCUT2D eigenvalue weighted by molar-refractivity contribution is 0.101. The topological polar surface area (TPSA) is 35.5 Å². The minimum Gasteiger partial charge on any atom is -0.496 e. The largest absolute Gasteiger partial charge is 0.496 e. The third-order valence-electron chi connectivity index (χ3n) is 3.08. The van der Waals surface area contributed by atoms with Crippen LogP contribution in [0.15, 0.2) is 42.5 Å². The molecule has 0 aliphatic heterocycles. The van der Waals surface area contributed by atoms with Gasteiger partial charge in [-0.05, 0) is 39.6 Å². The molecule has 3 nitrogen and oxygen atoms in total. The van der Waals surface area contributed by atoms with Gasteiger partial charge in [0.2, 0.25) is 0 Å². The van der Waals surface area contributed by atoms with E-state index in [-0.39, 0.29) is 5.78 Å². The zero-order valence-corrected chi connectivity index (χ0v) is 14.7. The summed E-state index contributed by atoms with van der Waals surface area (Å²) in [6, 6.07) is 13.4. The molecule has 0 aliphatic carbocycles. The van der Waals surface area contributed by atoms with Crippen molar-refractivity contribution >= 4 is 25.6 Å². The monoisotopic (exact) mass is 334 g/mol. The van der Waals surface area contributed by atoms with Gasteiger partial charge in [-0.15, -0.1) is 0 Å². The van der Waals surface area contributed by atoms with Crippen LogP contribution in [0.5, 0.6) is 11.5 Å². The normalized spacial score (nSPS) is 9.41. The Labute approximate surface area is 138 Å². The number of ether oxygens (including phenoxy) is 2. The Morgan fingerprint density at radius 3 is 2.32 bits per heavy atom. The minimum atomic E-state index is -0.0214. The Kier molecular flexibility index (Phi) is 7.72. The summed E-state index contributed by atoms with van der Waals surface area (Å²) in [5.74, 6) is 1.21. The lowest BCUT2D eigenvalue weighted by atomic mass is 10.1. The van der Waals surface area contributed by atoms with Crippen molar-refractivity contribution in [3.63, 3.8) is 0 Å². The van der Waals surface area contributed by atoms with Crippen molar-refractivity contribution in [3.05, 3.63) is 59.2 Å². The molecule has 2 rings (SSSR count). The summed E-state index contributed by atoms with van der Waals surface area (Å²) < 4.78 is 10.9. The minimum absolute atomic E-state index is 0.0214. The molecule has 116 valence electrons. The molecule has 0 bridgehead atoms. The van der Waals surface area contributed by atoms with Crippen LogP contribution in [-0.2, 0) is 18.4 Å². The van der Waals surface area contributed by atoms with Gasteiger partial charge in [0.05, 0.1) is 12.7 Å². The molecule has 22 heavy (non-hydrogen) atoms. The fourth-order valence-electron chi connectivity index (χ4n) is 1.90. The van der Waals surface area contributed by atoms with Crippen LogP contribution in [0.3, 0.4) is 0 Å². The van der Waals surface area contributed by atoms with E-state index < -0.39 is 0 Å². The highest BCUT2D eigenvalue weighted by molar-refractivity contribution is 7.88. The molecule has 0 radical (unpaired) electrons. The number of hydrogen-bond acceptors (Lipinski definition) is 4. The van der Waals surface area contributed by atoms with Crippen LogP contribution in [-0.4, -0.2) is 12.9 Å². The zero-order chi connectivity index (χ0) is 16.5. The van der Waals surface area contributed by atoms with Gasteiger partial charge in [0.25, 0.3) is 0 Å². The SMILES string of the molecule is COc1cc(OCc2ccc(C)cc2)ccc1C(C)=O.P=S. The van der Waals surface area contributed by atoms with Gasteiger partial charge < -0.3 is 9.47 Å². The van der Waals surface area contributed by atoms with Crippen molar-refractivity contribution in [3.8, 4) is 11.5 Å². The molecule has 0 spiro atoms. The van der Waals surface area contributed by atoms with Crippen LogP contribution < -0.4 is 9.47 Å². The average molecular weight is 334 g/mol. The summed E-state index contributed by atoms with van der Waals surface area (Å²) in [6.45, 7) is 4.06. The molecule has 2 aromatic rings. The Hall–Kier alpha value is -1.77. The molecule has 0 N–H and O–H groups in total. The number of carbonyl (C=O) groups is 1. The Morgan fingerprint density at radius 1 is 1.14 bits per heavy atom. The van der Waals surface area contributed by atoms with Crippen LogP contribution in [0, 0.1) is 6.92 Å². The molecule has 5 heteroatoms. The zero-order valence-electron chi connectivity index (χ0n) is 12.9. The van der Waals surface area contributed by atoms with Crippen LogP contribution in [0.2, 0.25) is 0 Å². The van der Waals surface area contributed by atoms with Gasteiger partial charge in [0.15, 0.2) is 5.78 Å². The Balaban J connectivity index is 0.00000116. The Bertz CT molecular complexity index is 626. The van der Waals surface area contributed by atoms with Crippen LogP contribution in [0.4, 0.5) is 0 Å². The van der Waals surface area contributed by atoms with E-state index in [1.807, 2.05) is 12.1 Å². The summed E-state index contributed by atoms with van der Waals surface area (Å²) in [5, 5.41) is 0. The first-order chi connectivity index (χ1) is 10.6. The number of aryl methyl sites for hydroxylation is 1. The van der Waals surface area contributed by atoms with E-state index in [0.29, 0.717) is 23.7 Å². The first-order valence-electron chi connectivity index (χ1n) is 6.68. The second-order valence-electron chi connectivity index (χ2n) is 4.69. The van der Waals surface area contributed by atoms with E-state index in [1.54, 1.807) is 25.3 Å². The van der Waals surface area contributed by atoms with E-state index >= 15 is 0 Å². The van der Waals surface area contributed by atoms with E-state index in [0.717, 1.165) is 5.56 Å². The number of methoxy groups -OCH3 is 1. The lowest BCUT2D eigenvalue weighted by Gasteiger charge is -2.10. The maximum Gasteiger partial charge on any atom is 0.163 e. The number of rotatable bonds is 5. The highest BCUT2D eigenvalue weighted by Crippen LogP contribution is 2.25. The molecule has 0 atom stereocenters. The predicted molar refractivity (Wildman–Crippen MR) is 94.2 cm³/mol. The summed E-state index contributed by atoms with van der Waals surface area (Å²) in [5.41, 5.74) is 2.89. The van der Waals surface area contributed by atoms with Crippen LogP contribution >= 0.6 is 8.02 Å². The molecule has 0 aromatic heterocycles. The number of benzene rings is 2. The first-order valence-corrected chi connectivity index (χ1v) is 8.31. The molecule has 0 fully saturated rings. The highest BCUT2D eigenvalue weighted by atomic mass is 32.4. The fraction of sp³-hybridized carbons (Fsp3) is 0.235. The van der Waals surface area contributed by atoms with Gasteiger partial charge in [-0.2, -0.15) is 0 Å². The summed E-state index contributed by atoms with van der Waals surface area (Å²) >= 11 is 3.89. The summed E-state index contributed by atoms with van der Waals surface area (Å²) in [7, 11) is 4.10. The van der Waals surface area contributed by atoms with E-state index in [2.05, 4.69) is 38.9 Å². The third kappa shape index (κ3) is 5.21. The predicted octanol–water partition coefficient (Wildman–Crippen LogP) is 4.38. The van der Waals surface area contributed by atoms with Gasteiger partial charge in [0.1, 0.15) is 18.1 Å². The van der Waals surface area contributed by atoms with E-state index in [4.69, 9.17) is 9.47 Å². The van der Waals surface area contributed by atoms with Crippen LogP contribution in [0.1, 0.15) is 28.4 Å². The van der Waals surface area contributed by atoms with Gasteiger partial charge >= 0.3 is 0 Å². The van der Waals surface area contributed by atoms with Crippen molar-refractivity contribution in [2.24, 2.45) is 0 Å². The van der Waals surface area contributed by atoms with Crippen molar-refractivity contribution in [1.82, 2.24) is 0 Å². The maximum atomic E-state index is 11.4. The second kappa shape index (κ2) is 9.29. The third-order valence-corrected chi connectivity index (χ3v) is 3.08. The van der Waals surface area contributed by atoms with Gasteiger partial charge in [-0.3, -0.25) is 4.79 Å². The molecule has 0 amide bonds. The molecular formula is C17H19O3PS. The molecule has 0 aliphatic rings. The number of carbonyl (C=O) groups excluding carboxylic acids is 1. The van der Waals surface area contributed by atoms with Crippen molar-refractivity contribution in [2.75, 3.05) is 7.11 Å². The van der Waals surface area contributed by atoms with Gasteiger partial charge in [-0.1, -0.05) is 41.6 Å². The molecule has 0 heterocycles. The first kappa shape index (κ1) is 18.3. The second-order valence-corrected chi connectivity index (χ2v) is 4.69. The Morgan fingerprint density at radius 2 is 1.77 bits per heavy atom. The molecular weight excluding hydrogens is 315 g/mol. The summed E-state index contributed by atoms with van der Waals surface area (Å²) in [4.78, 5) is 11.4. The summed E-state index contributed by atoms with van der Waals surface area (Å²) in [6.07, 6.45) is 0. The highest BCUT2D eigenvalue weighted by Gasteiger charge is 2.09. The molecule has 0 saturated carbocycles.